The van der Waals surface area contributed by atoms with Crippen LogP contribution < -0.4 is 15.4 Å². The minimum absolute atomic E-state index is 0.0221. The number of hydrogen-bond acceptors (Lipinski definition) is 3. The Morgan fingerprint density at radius 1 is 1.36 bits per heavy atom. The maximum Gasteiger partial charge on any atom is 0.318 e. The Hall–Kier alpha value is -1.95. The molecule has 0 aliphatic carbocycles. The topological polar surface area (TPSA) is 70.7 Å². The summed E-state index contributed by atoms with van der Waals surface area (Å²) >= 11 is 6.12. The lowest BCUT2D eigenvalue weighted by Crippen LogP contribution is -2.50. The van der Waals surface area contributed by atoms with Crippen LogP contribution in [-0.2, 0) is 4.79 Å². The van der Waals surface area contributed by atoms with Crippen molar-refractivity contribution in [2.45, 2.75) is 38.8 Å². The number of carbonyl (C=O) groups is 2. The molecule has 1 aromatic carbocycles. The van der Waals surface area contributed by atoms with Gasteiger partial charge in [-0.2, -0.15) is 0 Å². The first-order valence-electron chi connectivity index (χ1n) is 8.72. The van der Waals surface area contributed by atoms with Gasteiger partial charge in [0.1, 0.15) is 12.4 Å². The molecule has 2 aliphatic rings. The minimum atomic E-state index is -0.217. The van der Waals surface area contributed by atoms with Gasteiger partial charge in [-0.15, -0.1) is 0 Å². The Morgan fingerprint density at radius 2 is 2.16 bits per heavy atom. The number of fused-ring (bicyclic) bond motifs is 1. The Morgan fingerprint density at radius 3 is 2.92 bits per heavy atom. The van der Waals surface area contributed by atoms with Gasteiger partial charge in [0.05, 0.1) is 17.0 Å². The second-order valence-corrected chi connectivity index (χ2v) is 7.33. The molecule has 6 nitrogen and oxygen atoms in total. The molecule has 0 saturated carbocycles. The molecule has 7 heteroatoms. The molecule has 0 spiro atoms. The molecule has 1 unspecified atom stereocenters. The summed E-state index contributed by atoms with van der Waals surface area (Å²) in [5.41, 5.74) is 0.895. The predicted molar refractivity (Wildman–Crippen MR) is 95.8 cm³/mol. The normalized spacial score (nSPS) is 22.3. The third kappa shape index (κ3) is 4.00. The molecule has 3 amide bonds. The fraction of sp³-hybridized carbons (Fsp3) is 0.556. The van der Waals surface area contributed by atoms with Crippen LogP contribution in [0.15, 0.2) is 18.2 Å². The third-order valence-electron chi connectivity index (χ3n) is 4.58. The summed E-state index contributed by atoms with van der Waals surface area (Å²) in [5, 5.41) is 6.49. The molecule has 2 N–H and O–H groups in total. The number of urea groups is 1. The van der Waals surface area contributed by atoms with Crippen LogP contribution >= 0.6 is 11.6 Å². The summed E-state index contributed by atoms with van der Waals surface area (Å²) < 4.78 is 5.60. The van der Waals surface area contributed by atoms with Crippen molar-refractivity contribution in [2.24, 2.45) is 5.92 Å². The lowest BCUT2D eigenvalue weighted by atomic mass is 9.97. The van der Waals surface area contributed by atoms with E-state index in [1.54, 1.807) is 11.0 Å². The first kappa shape index (κ1) is 17.9. The highest BCUT2D eigenvalue weighted by molar-refractivity contribution is 6.32. The molecular formula is C18H24ClN3O3. The lowest BCUT2D eigenvalue weighted by molar-refractivity contribution is -0.126. The molecule has 3 rings (SSSR count). The number of benzene rings is 1. The third-order valence-corrected chi connectivity index (χ3v) is 4.87. The monoisotopic (exact) mass is 365 g/mol. The van der Waals surface area contributed by atoms with Gasteiger partial charge in [-0.25, -0.2) is 4.79 Å². The van der Waals surface area contributed by atoms with Crippen molar-refractivity contribution in [1.82, 2.24) is 15.5 Å². The first-order chi connectivity index (χ1) is 12.0. The van der Waals surface area contributed by atoms with E-state index in [0.717, 1.165) is 18.4 Å². The van der Waals surface area contributed by atoms with E-state index in [2.05, 4.69) is 10.6 Å². The van der Waals surface area contributed by atoms with Crippen molar-refractivity contribution in [3.8, 4) is 5.75 Å². The van der Waals surface area contributed by atoms with Gasteiger partial charge in [-0.05, 0) is 32.8 Å². The van der Waals surface area contributed by atoms with Crippen LogP contribution in [0.4, 0.5) is 4.79 Å². The number of hydrogen-bond donors (Lipinski definition) is 2. The molecule has 1 aromatic rings. The second-order valence-electron chi connectivity index (χ2n) is 6.92. The van der Waals surface area contributed by atoms with E-state index in [4.69, 9.17) is 16.3 Å². The van der Waals surface area contributed by atoms with Gasteiger partial charge in [0.15, 0.2) is 0 Å². The quantitative estimate of drug-likeness (QED) is 0.865. The molecule has 25 heavy (non-hydrogen) atoms. The zero-order valence-electron chi connectivity index (χ0n) is 14.5. The van der Waals surface area contributed by atoms with Crippen LogP contribution in [-0.4, -0.2) is 42.6 Å². The van der Waals surface area contributed by atoms with Crippen LogP contribution in [0.25, 0.3) is 0 Å². The SMILES string of the molecule is CC(C)NC(=O)[C@@H]1CCCN(C(=O)NC2COc3c(Cl)cccc32)C1. The summed E-state index contributed by atoms with van der Waals surface area (Å²) in [5.74, 6) is 0.514. The van der Waals surface area contributed by atoms with Crippen molar-refractivity contribution >= 4 is 23.5 Å². The molecule has 1 fully saturated rings. The van der Waals surface area contributed by atoms with Crippen LogP contribution in [0.5, 0.6) is 5.75 Å². The standard InChI is InChI=1S/C18H24ClN3O3/c1-11(2)20-17(23)12-5-4-8-22(9-12)18(24)21-15-10-25-16-13(15)6-3-7-14(16)19/h3,6-7,11-12,15H,4-5,8-10H2,1-2H3,(H,20,23)(H,21,24)/t12-,15?/m1/s1. The highest BCUT2D eigenvalue weighted by Crippen LogP contribution is 2.38. The molecule has 0 radical (unpaired) electrons. The van der Waals surface area contributed by atoms with Gasteiger partial charge in [0.2, 0.25) is 5.91 Å². The highest BCUT2D eigenvalue weighted by atomic mass is 35.5. The Balaban J connectivity index is 1.61. The summed E-state index contributed by atoms with van der Waals surface area (Å²) in [6.07, 6.45) is 1.64. The number of halogens is 1. The van der Waals surface area contributed by atoms with Gasteiger partial charge < -0.3 is 20.3 Å². The van der Waals surface area contributed by atoms with Crippen LogP contribution in [0.2, 0.25) is 5.02 Å². The number of para-hydroxylation sites is 1. The van der Waals surface area contributed by atoms with Gasteiger partial charge in [0.25, 0.3) is 0 Å². The largest absolute Gasteiger partial charge is 0.489 e. The van der Waals surface area contributed by atoms with Gasteiger partial charge >= 0.3 is 6.03 Å². The van der Waals surface area contributed by atoms with Crippen molar-refractivity contribution in [3.63, 3.8) is 0 Å². The van der Waals surface area contributed by atoms with E-state index in [0.29, 0.717) is 30.5 Å². The second kappa shape index (κ2) is 7.52. The Labute approximate surface area is 152 Å². The number of carbonyl (C=O) groups excluding carboxylic acids is 2. The number of likely N-dealkylation sites (tertiary alicyclic amines) is 1. The number of rotatable bonds is 3. The zero-order chi connectivity index (χ0) is 18.0. The molecule has 2 atom stereocenters. The van der Waals surface area contributed by atoms with Crippen molar-refractivity contribution in [3.05, 3.63) is 28.8 Å². The molecule has 136 valence electrons. The average Bonchev–Trinajstić information content (AvgIpc) is 2.99. The smallest absolute Gasteiger partial charge is 0.318 e. The molecule has 2 aliphatic heterocycles. The van der Waals surface area contributed by atoms with E-state index in [9.17, 15) is 9.59 Å². The van der Waals surface area contributed by atoms with Crippen LogP contribution in [0.3, 0.4) is 0 Å². The molecule has 2 heterocycles. The number of piperidine rings is 1. The van der Waals surface area contributed by atoms with E-state index in [1.165, 1.54) is 0 Å². The molecule has 1 saturated heterocycles. The number of nitrogens with one attached hydrogen (secondary N) is 2. The first-order valence-corrected chi connectivity index (χ1v) is 9.10. The summed E-state index contributed by atoms with van der Waals surface area (Å²) in [6, 6.07) is 5.26. The molecular weight excluding hydrogens is 342 g/mol. The van der Waals surface area contributed by atoms with E-state index < -0.39 is 0 Å². The van der Waals surface area contributed by atoms with Crippen LogP contribution in [0, 0.1) is 5.92 Å². The van der Waals surface area contributed by atoms with E-state index >= 15 is 0 Å². The number of ether oxygens (including phenoxy) is 1. The minimum Gasteiger partial charge on any atom is -0.489 e. The average molecular weight is 366 g/mol. The molecule has 0 bridgehead atoms. The summed E-state index contributed by atoms with van der Waals surface area (Å²) in [6.45, 7) is 5.35. The maximum atomic E-state index is 12.6. The molecule has 0 aromatic heterocycles. The van der Waals surface area contributed by atoms with Crippen molar-refractivity contribution < 1.29 is 14.3 Å². The van der Waals surface area contributed by atoms with Crippen LogP contribution in [0.1, 0.15) is 38.3 Å². The fourth-order valence-corrected chi connectivity index (χ4v) is 3.58. The fourth-order valence-electron chi connectivity index (χ4n) is 3.35. The van der Waals surface area contributed by atoms with E-state index in [1.807, 2.05) is 26.0 Å². The zero-order valence-corrected chi connectivity index (χ0v) is 15.3. The van der Waals surface area contributed by atoms with Crippen molar-refractivity contribution in [1.29, 1.82) is 0 Å². The number of amides is 3. The lowest BCUT2D eigenvalue weighted by Gasteiger charge is -2.33. The summed E-state index contributed by atoms with van der Waals surface area (Å²) in [7, 11) is 0. The van der Waals surface area contributed by atoms with Gasteiger partial charge in [-0.1, -0.05) is 23.7 Å². The predicted octanol–water partition coefficient (Wildman–Crippen LogP) is 2.72. The Kier molecular flexibility index (Phi) is 5.37. The summed E-state index contributed by atoms with van der Waals surface area (Å²) in [4.78, 5) is 26.6. The highest BCUT2D eigenvalue weighted by Gasteiger charge is 2.32. The van der Waals surface area contributed by atoms with Gasteiger partial charge in [0, 0.05) is 24.7 Å². The van der Waals surface area contributed by atoms with E-state index in [-0.39, 0.29) is 29.9 Å². The number of nitrogens with zero attached hydrogens (tertiary/aromatic N) is 1. The Bertz CT molecular complexity index is 665. The van der Waals surface area contributed by atoms with Gasteiger partial charge in [-0.3, -0.25) is 4.79 Å². The van der Waals surface area contributed by atoms with Crippen molar-refractivity contribution in [2.75, 3.05) is 19.7 Å². The maximum absolute atomic E-state index is 12.6.